The molecule has 1 aliphatic carbocycles. The molecule has 0 bridgehead atoms. The number of carboxylic acids is 1. The molecular weight excluding hydrogens is 289 g/mol. The molecule has 2 aliphatic rings. The second-order valence-electron chi connectivity index (χ2n) is 6.09. The normalized spacial score (nSPS) is 24.0. The van der Waals surface area contributed by atoms with Crippen LogP contribution in [-0.2, 0) is 4.79 Å². The molecule has 1 N–H and O–H groups in total. The largest absolute Gasteiger partial charge is 0.481 e. The van der Waals surface area contributed by atoms with Crippen molar-refractivity contribution >= 4 is 12.0 Å². The summed E-state index contributed by atoms with van der Waals surface area (Å²) in [5.74, 6) is -0.869. The summed E-state index contributed by atoms with van der Waals surface area (Å²) in [5, 5.41) is 8.83. The molecule has 0 radical (unpaired) electrons. The molecule has 1 spiro atoms. The lowest BCUT2D eigenvalue weighted by Crippen LogP contribution is -2.53. The van der Waals surface area contributed by atoms with Crippen LogP contribution in [0.25, 0.3) is 0 Å². The quantitative estimate of drug-likeness (QED) is 0.870. The standard InChI is InChI=1S/C13H19F3N2O3/c1-17(8-13(14,15)16)11(21)18-5-2-9(6-10(19)20)7-12(18)3-4-12/h9H,2-8H2,1H3,(H,19,20). The van der Waals surface area contributed by atoms with E-state index in [1.165, 1.54) is 4.90 Å². The van der Waals surface area contributed by atoms with E-state index in [2.05, 4.69) is 0 Å². The third-order valence-corrected chi connectivity index (χ3v) is 4.27. The summed E-state index contributed by atoms with van der Waals surface area (Å²) >= 11 is 0. The Morgan fingerprint density at radius 3 is 2.48 bits per heavy atom. The first-order valence-corrected chi connectivity index (χ1v) is 6.94. The number of urea groups is 1. The van der Waals surface area contributed by atoms with Gasteiger partial charge in [0.25, 0.3) is 0 Å². The van der Waals surface area contributed by atoms with Crippen molar-refractivity contribution in [2.45, 2.75) is 43.8 Å². The van der Waals surface area contributed by atoms with Gasteiger partial charge >= 0.3 is 18.2 Å². The number of piperidine rings is 1. The van der Waals surface area contributed by atoms with Crippen molar-refractivity contribution in [2.24, 2.45) is 5.92 Å². The Hall–Kier alpha value is -1.47. The smallest absolute Gasteiger partial charge is 0.406 e. The van der Waals surface area contributed by atoms with Gasteiger partial charge in [0.1, 0.15) is 6.54 Å². The van der Waals surface area contributed by atoms with Crippen LogP contribution in [0.2, 0.25) is 0 Å². The molecule has 0 aromatic carbocycles. The number of hydrogen-bond donors (Lipinski definition) is 1. The average molecular weight is 308 g/mol. The first kappa shape index (κ1) is 15.9. The summed E-state index contributed by atoms with van der Waals surface area (Å²) in [5.41, 5.74) is -0.407. The zero-order valence-electron chi connectivity index (χ0n) is 11.8. The van der Waals surface area contributed by atoms with E-state index in [0.29, 0.717) is 24.3 Å². The Bertz CT molecular complexity index is 435. The summed E-state index contributed by atoms with van der Waals surface area (Å²) in [6, 6.07) is -0.612. The first-order valence-electron chi connectivity index (χ1n) is 6.94. The Kier molecular flexibility index (Phi) is 4.08. The molecule has 1 unspecified atom stereocenters. The van der Waals surface area contributed by atoms with Gasteiger partial charge in [0.15, 0.2) is 0 Å². The van der Waals surface area contributed by atoms with E-state index in [-0.39, 0.29) is 12.3 Å². The number of halogens is 3. The minimum absolute atomic E-state index is 0.00183. The van der Waals surface area contributed by atoms with E-state index in [1.807, 2.05) is 0 Å². The fourth-order valence-electron chi connectivity index (χ4n) is 3.18. The van der Waals surface area contributed by atoms with Crippen molar-refractivity contribution in [3.05, 3.63) is 0 Å². The van der Waals surface area contributed by atoms with Gasteiger partial charge in [-0.1, -0.05) is 0 Å². The molecule has 2 fully saturated rings. The average Bonchev–Trinajstić information content (AvgIpc) is 3.05. The van der Waals surface area contributed by atoms with Crippen molar-refractivity contribution in [1.82, 2.24) is 9.80 Å². The van der Waals surface area contributed by atoms with Gasteiger partial charge in [-0.3, -0.25) is 4.79 Å². The van der Waals surface area contributed by atoms with Crippen LogP contribution in [0.1, 0.15) is 32.1 Å². The first-order chi connectivity index (χ1) is 9.63. The van der Waals surface area contributed by atoms with Crippen molar-refractivity contribution in [3.8, 4) is 0 Å². The van der Waals surface area contributed by atoms with Gasteiger partial charge in [0, 0.05) is 25.6 Å². The summed E-state index contributed by atoms with van der Waals surface area (Å²) in [4.78, 5) is 25.2. The SMILES string of the molecule is CN(CC(F)(F)F)C(=O)N1CCC(CC(=O)O)CC12CC2. The van der Waals surface area contributed by atoms with Gasteiger partial charge in [-0.2, -0.15) is 13.2 Å². The lowest BCUT2D eigenvalue weighted by molar-refractivity contribution is -0.141. The van der Waals surface area contributed by atoms with Crippen LogP contribution in [0.15, 0.2) is 0 Å². The molecule has 8 heteroatoms. The highest BCUT2D eigenvalue weighted by Gasteiger charge is 2.54. The van der Waals surface area contributed by atoms with E-state index >= 15 is 0 Å². The van der Waals surface area contributed by atoms with Crippen LogP contribution in [-0.4, -0.2) is 58.8 Å². The highest BCUT2D eigenvalue weighted by molar-refractivity contribution is 5.76. The molecule has 1 atom stereocenters. The predicted molar refractivity (Wildman–Crippen MR) is 67.7 cm³/mol. The van der Waals surface area contributed by atoms with Crippen molar-refractivity contribution in [3.63, 3.8) is 0 Å². The van der Waals surface area contributed by atoms with Crippen LogP contribution in [0, 0.1) is 5.92 Å². The number of likely N-dealkylation sites (tertiary alicyclic amines) is 1. The van der Waals surface area contributed by atoms with Gasteiger partial charge in [-0.05, 0) is 31.6 Å². The summed E-state index contributed by atoms with van der Waals surface area (Å²) in [7, 11) is 1.15. The monoisotopic (exact) mass is 308 g/mol. The highest BCUT2D eigenvalue weighted by atomic mass is 19.4. The molecule has 1 saturated carbocycles. The third-order valence-electron chi connectivity index (χ3n) is 4.27. The van der Waals surface area contributed by atoms with Crippen LogP contribution >= 0.6 is 0 Å². The molecule has 0 aromatic heterocycles. The maximum Gasteiger partial charge on any atom is 0.406 e. The van der Waals surface area contributed by atoms with Gasteiger partial charge in [0.05, 0.1) is 0 Å². The van der Waals surface area contributed by atoms with Crippen molar-refractivity contribution in [1.29, 1.82) is 0 Å². The fraction of sp³-hybridized carbons (Fsp3) is 0.846. The van der Waals surface area contributed by atoms with E-state index in [4.69, 9.17) is 5.11 Å². The minimum atomic E-state index is -4.41. The Balaban J connectivity index is 1.98. The van der Waals surface area contributed by atoms with Gasteiger partial charge < -0.3 is 14.9 Å². The Labute approximate surface area is 120 Å². The van der Waals surface area contributed by atoms with Crippen LogP contribution in [0.3, 0.4) is 0 Å². The predicted octanol–water partition coefficient (Wildman–Crippen LogP) is 2.32. The van der Waals surface area contributed by atoms with Crippen molar-refractivity contribution < 1.29 is 27.9 Å². The number of nitrogens with zero attached hydrogens (tertiary/aromatic N) is 2. The van der Waals surface area contributed by atoms with Gasteiger partial charge in [0.2, 0.25) is 0 Å². The summed E-state index contributed by atoms with van der Waals surface area (Å²) in [6.07, 6.45) is -1.76. The maximum absolute atomic E-state index is 12.4. The molecule has 2 rings (SSSR count). The number of aliphatic carboxylic acids is 1. The highest BCUT2D eigenvalue weighted by Crippen LogP contribution is 2.51. The number of carboxylic acid groups (broad SMARTS) is 1. The minimum Gasteiger partial charge on any atom is -0.481 e. The number of hydrogen-bond acceptors (Lipinski definition) is 2. The molecule has 1 heterocycles. The maximum atomic E-state index is 12.4. The van der Waals surface area contributed by atoms with Gasteiger partial charge in [-0.25, -0.2) is 4.79 Å². The summed E-state index contributed by atoms with van der Waals surface area (Å²) in [6.45, 7) is -0.935. The number of rotatable bonds is 3. The van der Waals surface area contributed by atoms with Crippen LogP contribution < -0.4 is 0 Å². The number of carbonyl (C=O) groups excluding carboxylic acids is 1. The summed E-state index contributed by atoms with van der Waals surface area (Å²) < 4.78 is 37.1. The molecule has 120 valence electrons. The van der Waals surface area contributed by atoms with E-state index in [1.54, 1.807) is 0 Å². The van der Waals surface area contributed by atoms with E-state index in [9.17, 15) is 22.8 Å². The molecule has 1 aliphatic heterocycles. The molecule has 2 amide bonds. The number of alkyl halides is 3. The third kappa shape index (κ3) is 3.79. The zero-order chi connectivity index (χ0) is 15.8. The topological polar surface area (TPSA) is 60.9 Å². The Morgan fingerprint density at radius 1 is 1.38 bits per heavy atom. The molecule has 0 aromatic rings. The second-order valence-corrected chi connectivity index (χ2v) is 6.09. The lowest BCUT2D eigenvalue weighted by atomic mass is 9.87. The molecular formula is C13H19F3N2O3. The van der Waals surface area contributed by atoms with Gasteiger partial charge in [-0.15, -0.1) is 0 Å². The van der Waals surface area contributed by atoms with E-state index in [0.717, 1.165) is 19.9 Å². The molecule has 1 saturated heterocycles. The van der Waals surface area contributed by atoms with Crippen LogP contribution in [0.4, 0.5) is 18.0 Å². The molecule has 5 nitrogen and oxygen atoms in total. The Morgan fingerprint density at radius 2 is 2.00 bits per heavy atom. The fourth-order valence-corrected chi connectivity index (χ4v) is 3.18. The second kappa shape index (κ2) is 5.38. The molecule has 21 heavy (non-hydrogen) atoms. The van der Waals surface area contributed by atoms with Crippen molar-refractivity contribution in [2.75, 3.05) is 20.1 Å². The van der Waals surface area contributed by atoms with Crippen LogP contribution in [0.5, 0.6) is 0 Å². The van der Waals surface area contributed by atoms with E-state index < -0.39 is 30.3 Å². The zero-order valence-corrected chi connectivity index (χ0v) is 11.8. The number of carbonyl (C=O) groups is 2. The number of amides is 2. The lowest BCUT2D eigenvalue weighted by Gasteiger charge is -2.41.